The van der Waals surface area contributed by atoms with Crippen LogP contribution >= 0.6 is 0 Å². The topological polar surface area (TPSA) is 39.1 Å². The van der Waals surface area contributed by atoms with Gasteiger partial charge >= 0.3 is 0 Å². The molecular formula is C16H23N3O. The Morgan fingerprint density at radius 1 is 1.35 bits per heavy atom. The van der Waals surface area contributed by atoms with Crippen LogP contribution in [-0.2, 0) is 13.1 Å². The van der Waals surface area contributed by atoms with E-state index in [2.05, 4.69) is 40.8 Å². The minimum Gasteiger partial charge on any atom is -0.492 e. The van der Waals surface area contributed by atoms with E-state index >= 15 is 0 Å². The molecule has 0 radical (unpaired) electrons. The fourth-order valence-corrected chi connectivity index (χ4v) is 2.10. The third kappa shape index (κ3) is 4.38. The van der Waals surface area contributed by atoms with Crippen molar-refractivity contribution in [2.45, 2.75) is 33.4 Å². The van der Waals surface area contributed by atoms with Gasteiger partial charge in [-0.25, -0.2) is 4.98 Å². The SMILES string of the molecule is CCCn1cncc1CNCCOc1cccc(C)c1. The lowest BCUT2D eigenvalue weighted by atomic mass is 10.2. The number of nitrogens with one attached hydrogen (secondary N) is 1. The Morgan fingerprint density at radius 3 is 3.05 bits per heavy atom. The van der Waals surface area contributed by atoms with Gasteiger partial charge in [-0.2, -0.15) is 0 Å². The van der Waals surface area contributed by atoms with Gasteiger partial charge in [0.25, 0.3) is 0 Å². The number of hydrogen-bond acceptors (Lipinski definition) is 3. The molecule has 0 aliphatic heterocycles. The molecule has 1 N–H and O–H groups in total. The van der Waals surface area contributed by atoms with Crippen LogP contribution in [0.3, 0.4) is 0 Å². The molecule has 4 nitrogen and oxygen atoms in total. The lowest BCUT2D eigenvalue weighted by molar-refractivity contribution is 0.313. The van der Waals surface area contributed by atoms with E-state index in [9.17, 15) is 0 Å². The van der Waals surface area contributed by atoms with Crippen LogP contribution in [0.25, 0.3) is 0 Å². The van der Waals surface area contributed by atoms with Crippen molar-refractivity contribution >= 4 is 0 Å². The van der Waals surface area contributed by atoms with Crippen molar-refractivity contribution in [2.24, 2.45) is 0 Å². The Bertz CT molecular complexity index is 522. The molecule has 0 atom stereocenters. The molecule has 0 aliphatic rings. The Labute approximate surface area is 120 Å². The van der Waals surface area contributed by atoms with Gasteiger partial charge in [0, 0.05) is 25.8 Å². The molecule has 0 bridgehead atoms. The number of aryl methyl sites for hydroxylation is 2. The summed E-state index contributed by atoms with van der Waals surface area (Å²) in [6.07, 6.45) is 4.94. The van der Waals surface area contributed by atoms with E-state index < -0.39 is 0 Å². The summed E-state index contributed by atoms with van der Waals surface area (Å²) in [5.41, 5.74) is 2.45. The average Bonchev–Trinajstić information content (AvgIpc) is 2.86. The van der Waals surface area contributed by atoms with Crippen LogP contribution in [0.2, 0.25) is 0 Å². The molecule has 1 heterocycles. The van der Waals surface area contributed by atoms with Crippen LogP contribution < -0.4 is 10.1 Å². The number of ether oxygens (including phenoxy) is 1. The highest BCUT2D eigenvalue weighted by Gasteiger charge is 2.00. The van der Waals surface area contributed by atoms with Crippen molar-refractivity contribution in [3.8, 4) is 5.75 Å². The van der Waals surface area contributed by atoms with Gasteiger partial charge in [-0.1, -0.05) is 19.1 Å². The van der Waals surface area contributed by atoms with E-state index in [1.165, 1.54) is 11.3 Å². The van der Waals surface area contributed by atoms with Gasteiger partial charge in [-0.3, -0.25) is 0 Å². The van der Waals surface area contributed by atoms with E-state index in [4.69, 9.17) is 4.74 Å². The Balaban J connectivity index is 1.67. The predicted octanol–water partition coefficient (Wildman–Crippen LogP) is 2.77. The first-order valence-electron chi connectivity index (χ1n) is 7.19. The van der Waals surface area contributed by atoms with Crippen LogP contribution in [0.15, 0.2) is 36.8 Å². The van der Waals surface area contributed by atoms with Gasteiger partial charge in [0.1, 0.15) is 12.4 Å². The van der Waals surface area contributed by atoms with Gasteiger partial charge in [0.15, 0.2) is 0 Å². The zero-order valence-electron chi connectivity index (χ0n) is 12.3. The average molecular weight is 273 g/mol. The van der Waals surface area contributed by atoms with Gasteiger partial charge < -0.3 is 14.6 Å². The van der Waals surface area contributed by atoms with Crippen LogP contribution in [0.5, 0.6) is 5.75 Å². The first-order valence-corrected chi connectivity index (χ1v) is 7.19. The summed E-state index contributed by atoms with van der Waals surface area (Å²) in [4.78, 5) is 4.19. The summed E-state index contributed by atoms with van der Waals surface area (Å²) in [5, 5.41) is 3.39. The fourth-order valence-electron chi connectivity index (χ4n) is 2.10. The number of imidazole rings is 1. The lowest BCUT2D eigenvalue weighted by Crippen LogP contribution is -2.22. The largest absolute Gasteiger partial charge is 0.492 e. The molecule has 0 amide bonds. The molecule has 0 fully saturated rings. The second-order valence-corrected chi connectivity index (χ2v) is 4.92. The van der Waals surface area contributed by atoms with Crippen molar-refractivity contribution in [1.82, 2.24) is 14.9 Å². The normalized spacial score (nSPS) is 10.7. The van der Waals surface area contributed by atoms with Gasteiger partial charge in [-0.15, -0.1) is 0 Å². The molecule has 0 aliphatic carbocycles. The minimum atomic E-state index is 0.672. The van der Waals surface area contributed by atoms with Crippen molar-refractivity contribution in [1.29, 1.82) is 0 Å². The molecule has 4 heteroatoms. The predicted molar refractivity (Wildman–Crippen MR) is 80.9 cm³/mol. The molecule has 20 heavy (non-hydrogen) atoms. The van der Waals surface area contributed by atoms with Gasteiger partial charge in [-0.05, 0) is 31.0 Å². The summed E-state index contributed by atoms with van der Waals surface area (Å²) in [5.74, 6) is 0.933. The molecule has 0 spiro atoms. The van der Waals surface area contributed by atoms with Crippen molar-refractivity contribution < 1.29 is 4.74 Å². The number of benzene rings is 1. The summed E-state index contributed by atoms with van der Waals surface area (Å²) in [7, 11) is 0. The maximum atomic E-state index is 5.70. The number of aromatic nitrogens is 2. The number of nitrogens with zero attached hydrogens (tertiary/aromatic N) is 2. The zero-order valence-corrected chi connectivity index (χ0v) is 12.3. The Kier molecular flexibility index (Phi) is 5.62. The highest BCUT2D eigenvalue weighted by atomic mass is 16.5. The molecule has 0 saturated heterocycles. The first kappa shape index (κ1) is 14.6. The number of rotatable bonds is 8. The van der Waals surface area contributed by atoms with E-state index in [0.29, 0.717) is 6.61 Å². The second-order valence-electron chi connectivity index (χ2n) is 4.92. The quantitative estimate of drug-likeness (QED) is 0.752. The third-order valence-electron chi connectivity index (χ3n) is 3.11. The van der Waals surface area contributed by atoms with E-state index in [0.717, 1.165) is 31.8 Å². The van der Waals surface area contributed by atoms with E-state index in [1.54, 1.807) is 0 Å². The highest BCUT2D eigenvalue weighted by molar-refractivity contribution is 5.27. The van der Waals surface area contributed by atoms with Crippen molar-refractivity contribution in [2.75, 3.05) is 13.2 Å². The van der Waals surface area contributed by atoms with Gasteiger partial charge in [0.2, 0.25) is 0 Å². The second kappa shape index (κ2) is 7.70. The minimum absolute atomic E-state index is 0.672. The fraction of sp³-hybridized carbons (Fsp3) is 0.438. The molecule has 108 valence electrons. The highest BCUT2D eigenvalue weighted by Crippen LogP contribution is 2.11. The third-order valence-corrected chi connectivity index (χ3v) is 3.11. The Morgan fingerprint density at radius 2 is 2.25 bits per heavy atom. The van der Waals surface area contributed by atoms with Crippen molar-refractivity contribution in [3.05, 3.63) is 48.0 Å². The molecule has 0 saturated carbocycles. The van der Waals surface area contributed by atoms with Crippen LogP contribution in [0, 0.1) is 6.92 Å². The summed E-state index contributed by atoms with van der Waals surface area (Å²) in [6.45, 7) is 7.59. The first-order chi connectivity index (χ1) is 9.79. The van der Waals surface area contributed by atoms with Crippen LogP contribution in [0.4, 0.5) is 0 Å². The lowest BCUT2D eigenvalue weighted by Gasteiger charge is -2.09. The van der Waals surface area contributed by atoms with Gasteiger partial charge in [0.05, 0.1) is 12.0 Å². The monoisotopic (exact) mass is 273 g/mol. The Hall–Kier alpha value is -1.81. The molecule has 2 rings (SSSR count). The summed E-state index contributed by atoms with van der Waals surface area (Å²) >= 11 is 0. The number of hydrogen-bond donors (Lipinski definition) is 1. The van der Waals surface area contributed by atoms with Crippen LogP contribution in [0.1, 0.15) is 24.6 Å². The molecule has 1 aromatic carbocycles. The summed E-state index contributed by atoms with van der Waals surface area (Å²) in [6, 6.07) is 8.13. The molecule has 2 aromatic rings. The van der Waals surface area contributed by atoms with E-state index in [1.807, 2.05) is 24.7 Å². The zero-order chi connectivity index (χ0) is 14.2. The molecular weight excluding hydrogens is 250 g/mol. The molecule has 1 aromatic heterocycles. The maximum Gasteiger partial charge on any atom is 0.119 e. The standard InChI is InChI=1S/C16H23N3O/c1-3-8-19-13-18-12-15(19)11-17-7-9-20-16-6-4-5-14(2)10-16/h4-6,10,12-13,17H,3,7-9,11H2,1-2H3. The maximum absolute atomic E-state index is 5.70. The van der Waals surface area contributed by atoms with Crippen molar-refractivity contribution in [3.63, 3.8) is 0 Å². The smallest absolute Gasteiger partial charge is 0.119 e. The van der Waals surface area contributed by atoms with E-state index in [-0.39, 0.29) is 0 Å². The van der Waals surface area contributed by atoms with Crippen LogP contribution in [-0.4, -0.2) is 22.7 Å². The molecule has 0 unspecified atom stereocenters. The summed E-state index contributed by atoms with van der Waals surface area (Å²) < 4.78 is 7.89.